The van der Waals surface area contributed by atoms with E-state index in [4.69, 9.17) is 0 Å². The van der Waals surface area contributed by atoms with Crippen LogP contribution in [0.3, 0.4) is 0 Å². The van der Waals surface area contributed by atoms with E-state index in [0.717, 1.165) is 17.1 Å². The number of benzene rings is 2. The second-order valence-electron chi connectivity index (χ2n) is 5.34. The van der Waals surface area contributed by atoms with Gasteiger partial charge in [-0.1, -0.05) is 24.3 Å². The first-order valence-corrected chi connectivity index (χ1v) is 7.84. The van der Waals surface area contributed by atoms with Gasteiger partial charge < -0.3 is 10.2 Å². The van der Waals surface area contributed by atoms with Crippen LogP contribution in [0, 0.1) is 0 Å². The van der Waals surface area contributed by atoms with Gasteiger partial charge in [0.1, 0.15) is 0 Å². The Bertz CT molecular complexity index is 579. The number of rotatable bonds is 5. The van der Waals surface area contributed by atoms with E-state index in [-0.39, 0.29) is 0 Å². The highest BCUT2D eigenvalue weighted by atomic mass is 79.9. The molecule has 1 fully saturated rings. The topological polar surface area (TPSA) is 15.3 Å². The summed E-state index contributed by atoms with van der Waals surface area (Å²) in [6.45, 7) is 0.957. The molecule has 0 aliphatic heterocycles. The van der Waals surface area contributed by atoms with Crippen LogP contribution in [0.25, 0.3) is 0 Å². The van der Waals surface area contributed by atoms with Crippen LogP contribution in [0.2, 0.25) is 0 Å². The third kappa shape index (κ3) is 3.22. The monoisotopic (exact) mass is 330 g/mol. The van der Waals surface area contributed by atoms with Crippen LogP contribution in [-0.2, 0) is 6.54 Å². The highest BCUT2D eigenvalue weighted by Crippen LogP contribution is 2.31. The number of anilines is 2. The van der Waals surface area contributed by atoms with E-state index in [1.165, 1.54) is 29.8 Å². The zero-order valence-corrected chi connectivity index (χ0v) is 13.2. The summed E-state index contributed by atoms with van der Waals surface area (Å²) >= 11 is 3.70. The van der Waals surface area contributed by atoms with Crippen LogP contribution in [0.5, 0.6) is 0 Å². The minimum absolute atomic E-state index is 0.750. The van der Waals surface area contributed by atoms with Crippen LogP contribution in [0.4, 0.5) is 11.4 Å². The molecule has 0 spiro atoms. The molecule has 0 unspecified atom stereocenters. The third-order valence-corrected chi connectivity index (χ3v) is 4.32. The predicted octanol–water partition coefficient (Wildman–Crippen LogP) is 4.47. The van der Waals surface area contributed by atoms with E-state index in [0.29, 0.717) is 0 Å². The van der Waals surface area contributed by atoms with E-state index in [9.17, 15) is 0 Å². The molecule has 1 aliphatic rings. The first kappa shape index (κ1) is 13.7. The molecule has 1 saturated carbocycles. The maximum absolute atomic E-state index is 3.70. The van der Waals surface area contributed by atoms with Gasteiger partial charge in [-0.05, 0) is 58.6 Å². The zero-order valence-electron chi connectivity index (χ0n) is 11.6. The van der Waals surface area contributed by atoms with Gasteiger partial charge in [-0.2, -0.15) is 0 Å². The summed E-state index contributed by atoms with van der Waals surface area (Å²) in [7, 11) is 2.09. The molecule has 2 aromatic rings. The van der Waals surface area contributed by atoms with Crippen LogP contribution >= 0.6 is 15.9 Å². The number of nitrogens with zero attached hydrogens (tertiary/aromatic N) is 1. The lowest BCUT2D eigenvalue weighted by molar-refractivity contribution is 0.687. The van der Waals surface area contributed by atoms with E-state index >= 15 is 0 Å². The first-order chi connectivity index (χ1) is 9.74. The lowest BCUT2D eigenvalue weighted by atomic mass is 10.2. The summed E-state index contributed by atoms with van der Waals surface area (Å²) in [6.07, 6.45) is 2.66. The van der Waals surface area contributed by atoms with Crippen LogP contribution < -0.4 is 10.2 Å². The van der Waals surface area contributed by atoms with Crippen molar-refractivity contribution in [1.29, 1.82) is 0 Å². The van der Waals surface area contributed by atoms with Gasteiger partial charge in [0.05, 0.1) is 5.69 Å². The molecule has 0 amide bonds. The third-order valence-electron chi connectivity index (χ3n) is 3.69. The fourth-order valence-corrected chi connectivity index (χ4v) is 2.96. The van der Waals surface area contributed by atoms with E-state index in [2.05, 4.69) is 75.7 Å². The Balaban J connectivity index is 1.76. The molecule has 1 aliphatic carbocycles. The fourth-order valence-electron chi connectivity index (χ4n) is 2.27. The molecule has 3 heteroatoms. The molecule has 0 saturated heterocycles. The number of nitrogens with one attached hydrogen (secondary N) is 1. The Hall–Kier alpha value is -1.32. The molecule has 20 heavy (non-hydrogen) atoms. The molecular formula is C17H19BrN2. The van der Waals surface area contributed by atoms with Crippen molar-refractivity contribution in [1.82, 2.24) is 5.32 Å². The average Bonchev–Trinajstić information content (AvgIpc) is 3.30. The molecule has 0 bridgehead atoms. The molecule has 2 nitrogen and oxygen atoms in total. The highest BCUT2D eigenvalue weighted by molar-refractivity contribution is 9.10. The predicted molar refractivity (Wildman–Crippen MR) is 88.5 cm³/mol. The number of hydrogen-bond donors (Lipinski definition) is 1. The Morgan fingerprint density at radius 3 is 2.55 bits per heavy atom. The Morgan fingerprint density at radius 1 is 1.15 bits per heavy atom. The summed E-state index contributed by atoms with van der Waals surface area (Å²) in [6, 6.07) is 17.8. The number of para-hydroxylation sites is 1. The number of hydrogen-bond acceptors (Lipinski definition) is 2. The minimum Gasteiger partial charge on any atom is -0.344 e. The lowest BCUT2D eigenvalue weighted by Crippen LogP contribution is -2.15. The molecule has 2 aromatic carbocycles. The molecule has 0 atom stereocenters. The van der Waals surface area contributed by atoms with E-state index in [1.54, 1.807) is 0 Å². The Morgan fingerprint density at radius 2 is 1.90 bits per heavy atom. The normalized spacial score (nSPS) is 14.3. The van der Waals surface area contributed by atoms with Crippen molar-refractivity contribution >= 4 is 27.3 Å². The summed E-state index contributed by atoms with van der Waals surface area (Å²) in [5.74, 6) is 0. The molecule has 0 heterocycles. The maximum Gasteiger partial charge on any atom is 0.0552 e. The summed E-state index contributed by atoms with van der Waals surface area (Å²) in [5.41, 5.74) is 3.71. The van der Waals surface area contributed by atoms with Gasteiger partial charge in [-0.15, -0.1) is 0 Å². The largest absolute Gasteiger partial charge is 0.344 e. The Kier molecular flexibility index (Phi) is 4.08. The average molecular weight is 331 g/mol. The van der Waals surface area contributed by atoms with Gasteiger partial charge in [0.25, 0.3) is 0 Å². The van der Waals surface area contributed by atoms with Crippen LogP contribution in [0.15, 0.2) is 53.0 Å². The highest BCUT2D eigenvalue weighted by Gasteiger charge is 2.20. The molecule has 0 radical (unpaired) electrons. The van der Waals surface area contributed by atoms with Gasteiger partial charge in [0.15, 0.2) is 0 Å². The second-order valence-corrected chi connectivity index (χ2v) is 6.19. The van der Waals surface area contributed by atoms with Gasteiger partial charge in [-0.3, -0.25) is 0 Å². The van der Waals surface area contributed by atoms with Gasteiger partial charge in [0.2, 0.25) is 0 Å². The Labute approximate surface area is 128 Å². The van der Waals surface area contributed by atoms with Crippen molar-refractivity contribution in [3.05, 3.63) is 58.6 Å². The van der Waals surface area contributed by atoms with E-state index in [1.807, 2.05) is 6.07 Å². The van der Waals surface area contributed by atoms with Crippen molar-refractivity contribution in [3.8, 4) is 0 Å². The SMILES string of the molecule is CN(c1ccccc1)c1ccc(CNC2CC2)cc1Br. The number of halogens is 1. The van der Waals surface area contributed by atoms with Crippen molar-refractivity contribution < 1.29 is 0 Å². The van der Waals surface area contributed by atoms with Crippen LogP contribution in [0.1, 0.15) is 18.4 Å². The first-order valence-electron chi connectivity index (χ1n) is 7.04. The second kappa shape index (κ2) is 5.98. The van der Waals surface area contributed by atoms with Crippen molar-refractivity contribution in [2.24, 2.45) is 0 Å². The fraction of sp³-hybridized carbons (Fsp3) is 0.294. The molecule has 104 valence electrons. The minimum atomic E-state index is 0.750. The quantitative estimate of drug-likeness (QED) is 0.870. The molecule has 1 N–H and O–H groups in total. The molecule has 0 aromatic heterocycles. The smallest absolute Gasteiger partial charge is 0.0552 e. The van der Waals surface area contributed by atoms with Crippen molar-refractivity contribution in [2.45, 2.75) is 25.4 Å². The summed E-state index contributed by atoms with van der Waals surface area (Å²) in [4.78, 5) is 2.20. The van der Waals surface area contributed by atoms with Gasteiger partial charge in [0, 0.05) is 29.8 Å². The standard InChI is InChI=1S/C17H19BrN2/c1-20(15-5-3-2-4-6-15)17-10-7-13(11-16(17)18)12-19-14-8-9-14/h2-7,10-11,14,19H,8-9,12H2,1H3. The summed E-state index contributed by atoms with van der Waals surface area (Å²) < 4.78 is 1.14. The molecule has 3 rings (SSSR count). The van der Waals surface area contributed by atoms with E-state index < -0.39 is 0 Å². The summed E-state index contributed by atoms with van der Waals surface area (Å²) in [5, 5.41) is 3.55. The maximum atomic E-state index is 3.70. The van der Waals surface area contributed by atoms with Gasteiger partial charge in [-0.25, -0.2) is 0 Å². The van der Waals surface area contributed by atoms with Gasteiger partial charge >= 0.3 is 0 Å². The van der Waals surface area contributed by atoms with Crippen molar-refractivity contribution in [3.63, 3.8) is 0 Å². The van der Waals surface area contributed by atoms with Crippen LogP contribution in [-0.4, -0.2) is 13.1 Å². The zero-order chi connectivity index (χ0) is 13.9. The molecular weight excluding hydrogens is 312 g/mol. The lowest BCUT2D eigenvalue weighted by Gasteiger charge is -2.21. The van der Waals surface area contributed by atoms with Crippen molar-refractivity contribution in [2.75, 3.05) is 11.9 Å².